The Morgan fingerprint density at radius 1 is 1.41 bits per heavy atom. The standard InChI is InChI=1S/C13H25N3O/c1-5-17-8-11(4)16-9-15-7-13(16)12(6-14)10(2)3/h7,9-12H,5-6,8,14H2,1-4H3. The smallest absolute Gasteiger partial charge is 0.0951 e. The summed E-state index contributed by atoms with van der Waals surface area (Å²) in [6.45, 7) is 10.7. The first-order valence-corrected chi connectivity index (χ1v) is 6.41. The second-order valence-electron chi connectivity index (χ2n) is 4.82. The van der Waals surface area contributed by atoms with Gasteiger partial charge in [-0.3, -0.25) is 0 Å². The summed E-state index contributed by atoms with van der Waals surface area (Å²) < 4.78 is 7.66. The molecule has 1 rings (SSSR count). The maximum Gasteiger partial charge on any atom is 0.0951 e. The van der Waals surface area contributed by atoms with Crippen molar-refractivity contribution in [3.8, 4) is 0 Å². The van der Waals surface area contributed by atoms with E-state index in [1.807, 2.05) is 19.4 Å². The van der Waals surface area contributed by atoms with Gasteiger partial charge in [-0.1, -0.05) is 13.8 Å². The number of nitrogens with two attached hydrogens (primary N) is 1. The minimum atomic E-state index is 0.306. The van der Waals surface area contributed by atoms with Gasteiger partial charge in [0, 0.05) is 31.0 Å². The topological polar surface area (TPSA) is 53.1 Å². The van der Waals surface area contributed by atoms with Crippen LogP contribution in [0, 0.1) is 5.92 Å². The average Bonchev–Trinajstić information content (AvgIpc) is 2.75. The van der Waals surface area contributed by atoms with Gasteiger partial charge in [0.05, 0.1) is 19.0 Å². The van der Waals surface area contributed by atoms with E-state index in [2.05, 4.69) is 30.3 Å². The summed E-state index contributed by atoms with van der Waals surface area (Å²) in [6, 6.07) is 0.306. The molecule has 0 saturated carbocycles. The fourth-order valence-corrected chi connectivity index (χ4v) is 2.07. The second kappa shape index (κ2) is 6.77. The predicted octanol–water partition coefficient (Wildman–Crippen LogP) is 2.18. The second-order valence-corrected chi connectivity index (χ2v) is 4.82. The molecule has 0 aromatic carbocycles. The van der Waals surface area contributed by atoms with E-state index in [1.54, 1.807) is 0 Å². The third kappa shape index (κ3) is 3.54. The van der Waals surface area contributed by atoms with Crippen molar-refractivity contribution >= 4 is 0 Å². The van der Waals surface area contributed by atoms with E-state index in [1.165, 1.54) is 5.69 Å². The van der Waals surface area contributed by atoms with Crippen LogP contribution in [0.3, 0.4) is 0 Å². The highest BCUT2D eigenvalue weighted by molar-refractivity contribution is 5.09. The third-order valence-corrected chi connectivity index (χ3v) is 3.17. The molecule has 4 nitrogen and oxygen atoms in total. The molecule has 17 heavy (non-hydrogen) atoms. The SMILES string of the molecule is CCOCC(C)n1cncc1C(CN)C(C)C. The molecule has 1 aromatic heterocycles. The molecule has 0 bridgehead atoms. The van der Waals surface area contributed by atoms with Crippen molar-refractivity contribution in [1.82, 2.24) is 9.55 Å². The van der Waals surface area contributed by atoms with Crippen LogP contribution in [0.4, 0.5) is 0 Å². The molecule has 0 aliphatic rings. The summed E-state index contributed by atoms with van der Waals surface area (Å²) in [5, 5.41) is 0. The number of imidazole rings is 1. The van der Waals surface area contributed by atoms with E-state index >= 15 is 0 Å². The Hall–Kier alpha value is -0.870. The summed E-state index contributed by atoms with van der Waals surface area (Å²) in [7, 11) is 0. The molecule has 1 aromatic rings. The van der Waals surface area contributed by atoms with Crippen LogP contribution in [-0.2, 0) is 4.74 Å². The quantitative estimate of drug-likeness (QED) is 0.793. The van der Waals surface area contributed by atoms with Gasteiger partial charge in [-0.15, -0.1) is 0 Å². The van der Waals surface area contributed by atoms with Gasteiger partial charge in [-0.25, -0.2) is 4.98 Å². The van der Waals surface area contributed by atoms with E-state index in [-0.39, 0.29) is 0 Å². The maximum absolute atomic E-state index is 5.86. The van der Waals surface area contributed by atoms with Crippen LogP contribution in [0.15, 0.2) is 12.5 Å². The zero-order chi connectivity index (χ0) is 12.8. The molecule has 0 amide bonds. The molecule has 98 valence electrons. The van der Waals surface area contributed by atoms with Crippen molar-refractivity contribution in [2.24, 2.45) is 11.7 Å². The van der Waals surface area contributed by atoms with Crippen molar-refractivity contribution in [1.29, 1.82) is 0 Å². The van der Waals surface area contributed by atoms with Crippen LogP contribution in [0.25, 0.3) is 0 Å². The summed E-state index contributed by atoms with van der Waals surface area (Å²) in [5.74, 6) is 0.885. The van der Waals surface area contributed by atoms with E-state index in [0.29, 0.717) is 24.4 Å². The number of hydrogen-bond donors (Lipinski definition) is 1. The van der Waals surface area contributed by atoms with Crippen molar-refractivity contribution < 1.29 is 4.74 Å². The Balaban J connectivity index is 2.83. The Morgan fingerprint density at radius 3 is 2.65 bits per heavy atom. The molecular weight excluding hydrogens is 214 g/mol. The Labute approximate surface area is 104 Å². The summed E-state index contributed by atoms with van der Waals surface area (Å²) in [6.07, 6.45) is 3.81. The first-order valence-electron chi connectivity index (χ1n) is 6.41. The highest BCUT2D eigenvalue weighted by atomic mass is 16.5. The molecule has 0 saturated heterocycles. The molecule has 1 heterocycles. The minimum absolute atomic E-state index is 0.306. The van der Waals surface area contributed by atoms with Gasteiger partial charge >= 0.3 is 0 Å². The Morgan fingerprint density at radius 2 is 2.12 bits per heavy atom. The normalized spacial score (nSPS) is 15.2. The lowest BCUT2D eigenvalue weighted by Crippen LogP contribution is -2.23. The van der Waals surface area contributed by atoms with Gasteiger partial charge in [0.1, 0.15) is 0 Å². The number of hydrogen-bond acceptors (Lipinski definition) is 3. The zero-order valence-electron chi connectivity index (χ0n) is 11.4. The minimum Gasteiger partial charge on any atom is -0.380 e. The highest BCUT2D eigenvalue weighted by Crippen LogP contribution is 2.25. The van der Waals surface area contributed by atoms with E-state index in [4.69, 9.17) is 10.5 Å². The van der Waals surface area contributed by atoms with Crippen molar-refractivity contribution in [3.63, 3.8) is 0 Å². The lowest BCUT2D eigenvalue weighted by molar-refractivity contribution is 0.117. The van der Waals surface area contributed by atoms with Crippen molar-refractivity contribution in [2.45, 2.75) is 39.7 Å². The van der Waals surface area contributed by atoms with Gasteiger partial charge in [0.15, 0.2) is 0 Å². The molecule has 0 fully saturated rings. The molecule has 0 radical (unpaired) electrons. The Bertz CT molecular complexity index is 322. The van der Waals surface area contributed by atoms with Crippen molar-refractivity contribution in [3.05, 3.63) is 18.2 Å². The molecule has 2 N–H and O–H groups in total. The van der Waals surface area contributed by atoms with Crippen LogP contribution in [0.2, 0.25) is 0 Å². The fraction of sp³-hybridized carbons (Fsp3) is 0.769. The van der Waals surface area contributed by atoms with Gasteiger partial charge in [-0.05, 0) is 19.8 Å². The molecule has 2 atom stereocenters. The first kappa shape index (κ1) is 14.2. The number of aromatic nitrogens is 2. The van der Waals surface area contributed by atoms with E-state index in [9.17, 15) is 0 Å². The molecule has 0 spiro atoms. The lowest BCUT2D eigenvalue weighted by Gasteiger charge is -2.23. The predicted molar refractivity (Wildman–Crippen MR) is 70.1 cm³/mol. The summed E-state index contributed by atoms with van der Waals surface area (Å²) in [5.41, 5.74) is 7.08. The van der Waals surface area contributed by atoms with Crippen LogP contribution in [0.5, 0.6) is 0 Å². The molecule has 0 aliphatic heterocycles. The van der Waals surface area contributed by atoms with Gasteiger partial charge in [0.2, 0.25) is 0 Å². The monoisotopic (exact) mass is 239 g/mol. The van der Waals surface area contributed by atoms with Crippen LogP contribution >= 0.6 is 0 Å². The van der Waals surface area contributed by atoms with Gasteiger partial charge < -0.3 is 15.0 Å². The number of ether oxygens (including phenoxy) is 1. The molecule has 0 aliphatic carbocycles. The van der Waals surface area contributed by atoms with E-state index in [0.717, 1.165) is 13.2 Å². The third-order valence-electron chi connectivity index (χ3n) is 3.17. The fourth-order valence-electron chi connectivity index (χ4n) is 2.07. The van der Waals surface area contributed by atoms with Crippen LogP contribution in [0.1, 0.15) is 45.3 Å². The molecular formula is C13H25N3O. The Kier molecular flexibility index (Phi) is 5.65. The zero-order valence-corrected chi connectivity index (χ0v) is 11.4. The largest absolute Gasteiger partial charge is 0.380 e. The van der Waals surface area contributed by atoms with Gasteiger partial charge in [0.25, 0.3) is 0 Å². The number of rotatable bonds is 7. The summed E-state index contributed by atoms with van der Waals surface area (Å²) >= 11 is 0. The van der Waals surface area contributed by atoms with E-state index < -0.39 is 0 Å². The van der Waals surface area contributed by atoms with Crippen LogP contribution in [-0.4, -0.2) is 29.3 Å². The highest BCUT2D eigenvalue weighted by Gasteiger charge is 2.20. The molecule has 4 heteroatoms. The maximum atomic E-state index is 5.86. The van der Waals surface area contributed by atoms with Crippen LogP contribution < -0.4 is 5.73 Å². The first-order chi connectivity index (χ1) is 8.11. The van der Waals surface area contributed by atoms with Crippen molar-refractivity contribution in [2.75, 3.05) is 19.8 Å². The average molecular weight is 239 g/mol. The van der Waals surface area contributed by atoms with Gasteiger partial charge in [-0.2, -0.15) is 0 Å². The summed E-state index contributed by atoms with van der Waals surface area (Å²) in [4.78, 5) is 4.25. The lowest BCUT2D eigenvalue weighted by atomic mass is 9.92. The number of nitrogens with zero attached hydrogens (tertiary/aromatic N) is 2. The molecule has 2 unspecified atom stereocenters.